The summed E-state index contributed by atoms with van der Waals surface area (Å²) in [4.78, 5) is 15.2. The third kappa shape index (κ3) is 2.59. The Morgan fingerprint density at radius 3 is 2.90 bits per heavy atom. The fourth-order valence-electron chi connectivity index (χ4n) is 2.12. The van der Waals surface area contributed by atoms with E-state index in [9.17, 15) is 0 Å². The summed E-state index contributed by atoms with van der Waals surface area (Å²) in [6.45, 7) is 2.73. The molecular formula is C14H13ClN4S. The first-order chi connectivity index (χ1) is 9.63. The normalized spacial score (nSPS) is 10.9. The number of benzene rings is 1. The summed E-state index contributed by atoms with van der Waals surface area (Å²) in [6, 6.07) is 5.66. The van der Waals surface area contributed by atoms with Crippen molar-refractivity contribution in [2.45, 2.75) is 13.5 Å². The van der Waals surface area contributed by atoms with E-state index in [-0.39, 0.29) is 0 Å². The van der Waals surface area contributed by atoms with Gasteiger partial charge in [-0.2, -0.15) is 0 Å². The molecule has 1 aromatic carbocycles. The van der Waals surface area contributed by atoms with Gasteiger partial charge in [-0.3, -0.25) is 0 Å². The van der Waals surface area contributed by atoms with Crippen LogP contribution in [0.4, 0.5) is 5.82 Å². The Balaban J connectivity index is 1.96. The van der Waals surface area contributed by atoms with Crippen molar-refractivity contribution in [3.05, 3.63) is 45.6 Å². The Labute approximate surface area is 126 Å². The van der Waals surface area contributed by atoms with Gasteiger partial charge in [-0.15, -0.1) is 11.3 Å². The highest BCUT2D eigenvalue weighted by Gasteiger charge is 2.10. The molecule has 0 amide bonds. The van der Waals surface area contributed by atoms with Gasteiger partial charge in [0.15, 0.2) is 0 Å². The van der Waals surface area contributed by atoms with Gasteiger partial charge in [0.2, 0.25) is 0 Å². The minimum absolute atomic E-state index is 0.680. The first kappa shape index (κ1) is 13.3. The molecule has 0 unspecified atom stereocenters. The van der Waals surface area contributed by atoms with Crippen molar-refractivity contribution in [1.29, 1.82) is 0 Å². The molecule has 0 aliphatic rings. The van der Waals surface area contributed by atoms with Gasteiger partial charge in [-0.25, -0.2) is 15.0 Å². The summed E-state index contributed by atoms with van der Waals surface area (Å²) in [7, 11) is 2.01. The highest BCUT2D eigenvalue weighted by atomic mass is 35.5. The van der Waals surface area contributed by atoms with E-state index in [0.717, 1.165) is 34.0 Å². The van der Waals surface area contributed by atoms with Gasteiger partial charge in [0.1, 0.15) is 12.1 Å². The van der Waals surface area contributed by atoms with Crippen LogP contribution in [0, 0.1) is 6.92 Å². The maximum atomic E-state index is 6.00. The summed E-state index contributed by atoms with van der Waals surface area (Å²) in [6.07, 6.45) is 1.57. The molecule has 0 aliphatic carbocycles. The van der Waals surface area contributed by atoms with Gasteiger partial charge in [0.25, 0.3) is 0 Å². The zero-order valence-electron chi connectivity index (χ0n) is 11.2. The minimum Gasteiger partial charge on any atom is -0.353 e. The van der Waals surface area contributed by atoms with E-state index >= 15 is 0 Å². The molecule has 0 N–H and O–H groups in total. The SMILES string of the molecule is Cc1nc(CN(C)c2ncnc3cc(Cl)ccc23)cs1. The molecule has 3 aromatic rings. The molecule has 0 bridgehead atoms. The predicted octanol–water partition coefficient (Wildman–Crippen LogP) is 3.68. The molecule has 0 aliphatic heterocycles. The van der Waals surface area contributed by atoms with Gasteiger partial charge in [-0.05, 0) is 25.1 Å². The van der Waals surface area contributed by atoms with Crippen LogP contribution in [-0.2, 0) is 6.54 Å². The second-order valence-electron chi connectivity index (χ2n) is 4.57. The predicted molar refractivity (Wildman–Crippen MR) is 83.5 cm³/mol. The quantitative estimate of drug-likeness (QED) is 0.740. The zero-order valence-corrected chi connectivity index (χ0v) is 12.7. The number of thiazole rings is 1. The van der Waals surface area contributed by atoms with Gasteiger partial charge in [0.05, 0.1) is 22.8 Å². The molecule has 0 saturated carbocycles. The number of nitrogens with zero attached hydrogens (tertiary/aromatic N) is 4. The molecule has 4 nitrogen and oxygen atoms in total. The molecule has 0 atom stereocenters. The van der Waals surface area contributed by atoms with Crippen molar-refractivity contribution >= 4 is 39.7 Å². The van der Waals surface area contributed by atoms with Crippen LogP contribution in [0.3, 0.4) is 0 Å². The van der Waals surface area contributed by atoms with Crippen LogP contribution in [0.2, 0.25) is 5.02 Å². The van der Waals surface area contributed by atoms with Crippen LogP contribution in [0.5, 0.6) is 0 Å². The number of fused-ring (bicyclic) bond motifs is 1. The fourth-order valence-corrected chi connectivity index (χ4v) is 2.89. The van der Waals surface area contributed by atoms with Gasteiger partial charge < -0.3 is 4.90 Å². The molecule has 0 saturated heterocycles. The van der Waals surface area contributed by atoms with Crippen molar-refractivity contribution in [3.63, 3.8) is 0 Å². The van der Waals surface area contributed by atoms with Gasteiger partial charge in [-0.1, -0.05) is 11.6 Å². The van der Waals surface area contributed by atoms with Crippen LogP contribution in [-0.4, -0.2) is 22.0 Å². The lowest BCUT2D eigenvalue weighted by molar-refractivity contribution is 0.872. The van der Waals surface area contributed by atoms with Crippen LogP contribution >= 0.6 is 22.9 Å². The minimum atomic E-state index is 0.680. The van der Waals surface area contributed by atoms with E-state index in [0.29, 0.717) is 5.02 Å². The average molecular weight is 305 g/mol. The molecule has 3 rings (SSSR count). The maximum absolute atomic E-state index is 6.00. The summed E-state index contributed by atoms with van der Waals surface area (Å²) < 4.78 is 0. The molecule has 0 fully saturated rings. The number of anilines is 1. The number of aromatic nitrogens is 3. The topological polar surface area (TPSA) is 41.9 Å². The van der Waals surface area contributed by atoms with Crippen molar-refractivity contribution in [1.82, 2.24) is 15.0 Å². The van der Waals surface area contributed by atoms with Crippen LogP contribution < -0.4 is 4.90 Å². The number of hydrogen-bond donors (Lipinski definition) is 0. The Bertz CT molecular complexity index is 756. The molecule has 2 heterocycles. The van der Waals surface area contributed by atoms with E-state index in [4.69, 9.17) is 11.6 Å². The van der Waals surface area contributed by atoms with E-state index < -0.39 is 0 Å². The van der Waals surface area contributed by atoms with E-state index in [1.54, 1.807) is 17.7 Å². The van der Waals surface area contributed by atoms with E-state index in [2.05, 4.69) is 25.2 Å². The third-order valence-electron chi connectivity index (χ3n) is 3.00. The van der Waals surface area contributed by atoms with E-state index in [1.807, 2.05) is 32.2 Å². The lowest BCUT2D eigenvalue weighted by atomic mass is 10.2. The van der Waals surface area contributed by atoms with Crippen molar-refractivity contribution in [2.75, 3.05) is 11.9 Å². The highest BCUT2D eigenvalue weighted by Crippen LogP contribution is 2.25. The zero-order chi connectivity index (χ0) is 14.1. The monoisotopic (exact) mass is 304 g/mol. The summed E-state index contributed by atoms with van der Waals surface area (Å²) in [5.74, 6) is 0.886. The fraction of sp³-hybridized carbons (Fsp3) is 0.214. The highest BCUT2D eigenvalue weighted by molar-refractivity contribution is 7.09. The Hall–Kier alpha value is -1.72. The third-order valence-corrected chi connectivity index (χ3v) is 4.06. The smallest absolute Gasteiger partial charge is 0.139 e. The number of halogens is 1. The van der Waals surface area contributed by atoms with Crippen molar-refractivity contribution in [3.8, 4) is 0 Å². The molecule has 2 aromatic heterocycles. The van der Waals surface area contributed by atoms with Crippen molar-refractivity contribution in [2.24, 2.45) is 0 Å². The molecule has 6 heteroatoms. The largest absolute Gasteiger partial charge is 0.353 e. The van der Waals surface area contributed by atoms with Crippen LogP contribution in [0.1, 0.15) is 10.7 Å². The molecular weight excluding hydrogens is 292 g/mol. The van der Waals surface area contributed by atoms with Crippen LogP contribution in [0.25, 0.3) is 10.9 Å². The van der Waals surface area contributed by atoms with Gasteiger partial charge in [0, 0.05) is 22.8 Å². The molecule has 0 spiro atoms. The Morgan fingerprint density at radius 1 is 1.30 bits per heavy atom. The maximum Gasteiger partial charge on any atom is 0.139 e. The van der Waals surface area contributed by atoms with Crippen LogP contribution in [0.15, 0.2) is 29.9 Å². The lowest BCUT2D eigenvalue weighted by Crippen LogP contribution is -2.18. The Morgan fingerprint density at radius 2 is 2.15 bits per heavy atom. The summed E-state index contributed by atoms with van der Waals surface area (Å²) in [5.41, 5.74) is 1.90. The Kier molecular flexibility index (Phi) is 3.54. The van der Waals surface area contributed by atoms with Crippen molar-refractivity contribution < 1.29 is 0 Å². The average Bonchev–Trinajstić information content (AvgIpc) is 2.83. The number of hydrogen-bond acceptors (Lipinski definition) is 5. The number of rotatable bonds is 3. The second kappa shape index (κ2) is 5.34. The molecule has 0 radical (unpaired) electrons. The number of aryl methyl sites for hydroxylation is 1. The molecule has 20 heavy (non-hydrogen) atoms. The standard InChI is InChI=1S/C14H13ClN4S/c1-9-18-11(7-20-9)6-19(2)14-12-4-3-10(15)5-13(12)16-8-17-14/h3-5,7-8H,6H2,1-2H3. The van der Waals surface area contributed by atoms with Gasteiger partial charge >= 0.3 is 0 Å². The van der Waals surface area contributed by atoms with E-state index in [1.165, 1.54) is 0 Å². The summed E-state index contributed by atoms with van der Waals surface area (Å²) in [5, 5.41) is 4.82. The first-order valence-electron chi connectivity index (χ1n) is 6.16. The lowest BCUT2D eigenvalue weighted by Gasteiger charge is -2.18. The first-order valence-corrected chi connectivity index (χ1v) is 7.41. The summed E-state index contributed by atoms with van der Waals surface area (Å²) >= 11 is 7.66. The second-order valence-corrected chi connectivity index (χ2v) is 6.07. The molecule has 102 valence electrons.